The predicted octanol–water partition coefficient (Wildman–Crippen LogP) is 1.61. The summed E-state index contributed by atoms with van der Waals surface area (Å²) in [6.45, 7) is 4.56. The highest BCUT2D eigenvalue weighted by molar-refractivity contribution is 5.82. The Morgan fingerprint density at radius 2 is 1.91 bits per heavy atom. The van der Waals surface area contributed by atoms with E-state index in [2.05, 4.69) is 30.8 Å². The first kappa shape index (κ1) is 22.5. The molecule has 0 bridgehead atoms. The number of rotatable bonds is 8. The van der Waals surface area contributed by atoms with Crippen LogP contribution in [0.4, 0.5) is 23.3 Å². The molecule has 1 saturated carbocycles. The smallest absolute Gasteiger partial charge is 0.230 e. The first-order valence-corrected chi connectivity index (χ1v) is 12.3. The molecule has 0 aromatic carbocycles. The minimum absolute atomic E-state index is 0.0560. The van der Waals surface area contributed by atoms with Gasteiger partial charge in [0.2, 0.25) is 18.3 Å². The molecule has 2 amide bonds. The number of hydrogen-bond donors (Lipinski definition) is 3. The number of anilines is 4. The summed E-state index contributed by atoms with van der Waals surface area (Å²) in [5, 5.41) is 9.43. The van der Waals surface area contributed by atoms with E-state index in [0.29, 0.717) is 30.5 Å². The molecule has 3 N–H and O–H groups in total. The van der Waals surface area contributed by atoms with Crippen molar-refractivity contribution >= 4 is 35.6 Å². The number of carbonyl (C=O) groups excluding carboxylic acids is 2. The van der Waals surface area contributed by atoms with E-state index >= 15 is 0 Å². The summed E-state index contributed by atoms with van der Waals surface area (Å²) in [4.78, 5) is 42.2. The van der Waals surface area contributed by atoms with Crippen LogP contribution in [0.25, 0.3) is 0 Å². The number of piperazine rings is 1. The third kappa shape index (κ3) is 4.96. The van der Waals surface area contributed by atoms with Gasteiger partial charge in [-0.2, -0.15) is 4.98 Å². The summed E-state index contributed by atoms with van der Waals surface area (Å²) in [6.07, 6.45) is 9.93. The van der Waals surface area contributed by atoms with E-state index < -0.39 is 0 Å². The van der Waals surface area contributed by atoms with Gasteiger partial charge in [-0.05, 0) is 37.8 Å². The summed E-state index contributed by atoms with van der Waals surface area (Å²) >= 11 is 0. The second-order valence-electron chi connectivity index (χ2n) is 9.24. The van der Waals surface area contributed by atoms with Crippen LogP contribution in [0.1, 0.15) is 37.7 Å². The van der Waals surface area contributed by atoms with Gasteiger partial charge in [0.1, 0.15) is 11.6 Å². The van der Waals surface area contributed by atoms with Crippen LogP contribution >= 0.6 is 0 Å². The van der Waals surface area contributed by atoms with Gasteiger partial charge in [0.05, 0.1) is 11.9 Å². The molecule has 1 atom stereocenters. The lowest BCUT2D eigenvalue weighted by Crippen LogP contribution is -2.43. The van der Waals surface area contributed by atoms with Gasteiger partial charge >= 0.3 is 0 Å². The molecule has 2 saturated heterocycles. The van der Waals surface area contributed by atoms with Gasteiger partial charge in [-0.1, -0.05) is 12.8 Å². The number of pyridine rings is 1. The number of nitrogens with zero attached hydrogens (tertiary/aromatic N) is 5. The van der Waals surface area contributed by atoms with Crippen LogP contribution in [0.2, 0.25) is 0 Å². The number of carbonyl (C=O) groups is 2. The number of hydrogen-bond acceptors (Lipinski definition) is 8. The Morgan fingerprint density at radius 1 is 1.09 bits per heavy atom. The van der Waals surface area contributed by atoms with Crippen molar-refractivity contribution < 1.29 is 9.59 Å². The monoisotopic (exact) mass is 464 g/mol. The summed E-state index contributed by atoms with van der Waals surface area (Å²) in [6, 6.07) is 4.10. The molecule has 10 nitrogen and oxygen atoms in total. The molecule has 5 rings (SSSR count). The van der Waals surface area contributed by atoms with Crippen LogP contribution < -0.4 is 25.8 Å². The molecule has 0 radical (unpaired) electrons. The lowest BCUT2D eigenvalue weighted by atomic mass is 9.99. The maximum Gasteiger partial charge on any atom is 0.230 e. The van der Waals surface area contributed by atoms with E-state index in [4.69, 9.17) is 4.98 Å². The van der Waals surface area contributed by atoms with Crippen molar-refractivity contribution in [3.05, 3.63) is 30.1 Å². The van der Waals surface area contributed by atoms with Crippen molar-refractivity contribution in [2.24, 2.45) is 5.92 Å². The summed E-state index contributed by atoms with van der Waals surface area (Å²) < 4.78 is 0. The molecule has 0 unspecified atom stereocenters. The number of nitrogens with one attached hydrogen (secondary N) is 3. The lowest BCUT2D eigenvalue weighted by Gasteiger charge is -2.29. The standard InChI is InChI=1S/C24H32N8O2/c33-16-32(19-3-1-2-4-19)22-18(13-17-7-8-26-23(17)34)14-28-24(30-22)29-21-6-5-20(15-27-21)31-11-9-25-10-12-31/h5-6,14-17,19,25H,1-4,7-13H2,(H,26,34)(H,27,28,29,30)/t17-/m0/s1. The van der Waals surface area contributed by atoms with Crippen molar-refractivity contribution in [2.45, 2.75) is 44.6 Å². The van der Waals surface area contributed by atoms with Crippen LogP contribution in [-0.4, -0.2) is 66.0 Å². The van der Waals surface area contributed by atoms with Crippen molar-refractivity contribution in [1.29, 1.82) is 0 Å². The minimum atomic E-state index is -0.113. The second kappa shape index (κ2) is 10.3. The van der Waals surface area contributed by atoms with Crippen molar-refractivity contribution in [3.63, 3.8) is 0 Å². The van der Waals surface area contributed by atoms with E-state index in [1.165, 1.54) is 0 Å². The SMILES string of the molecule is O=CN(c1nc(Nc2ccc(N3CCNCC3)cn2)ncc1C[C@@H]1CCNC1=O)C1CCCC1. The van der Waals surface area contributed by atoms with Crippen molar-refractivity contribution in [3.8, 4) is 0 Å². The van der Waals surface area contributed by atoms with E-state index in [1.807, 2.05) is 18.3 Å². The van der Waals surface area contributed by atoms with Gasteiger partial charge in [0.25, 0.3) is 0 Å². The quantitative estimate of drug-likeness (QED) is 0.505. The largest absolute Gasteiger partial charge is 0.368 e. The highest BCUT2D eigenvalue weighted by Gasteiger charge is 2.30. The average Bonchev–Trinajstić information content (AvgIpc) is 3.54. The van der Waals surface area contributed by atoms with Crippen LogP contribution in [0.3, 0.4) is 0 Å². The van der Waals surface area contributed by atoms with Gasteiger partial charge in [0.15, 0.2) is 0 Å². The Labute approximate surface area is 199 Å². The zero-order valence-corrected chi connectivity index (χ0v) is 19.4. The topological polar surface area (TPSA) is 115 Å². The third-order valence-corrected chi connectivity index (χ3v) is 7.02. The minimum Gasteiger partial charge on any atom is -0.368 e. The Bertz CT molecular complexity index is 1000. The number of amides is 2. The predicted molar refractivity (Wildman–Crippen MR) is 130 cm³/mol. The van der Waals surface area contributed by atoms with E-state index in [1.54, 1.807) is 11.1 Å². The van der Waals surface area contributed by atoms with E-state index in [0.717, 1.165) is 75.9 Å². The Kier molecular flexibility index (Phi) is 6.84. The van der Waals surface area contributed by atoms with Gasteiger partial charge in [-0.25, -0.2) is 9.97 Å². The molecule has 4 heterocycles. The lowest BCUT2D eigenvalue weighted by molar-refractivity contribution is -0.122. The normalized spacial score (nSPS) is 20.9. The van der Waals surface area contributed by atoms with Gasteiger partial charge in [-0.15, -0.1) is 0 Å². The Morgan fingerprint density at radius 3 is 2.59 bits per heavy atom. The second-order valence-corrected chi connectivity index (χ2v) is 9.24. The van der Waals surface area contributed by atoms with Crippen LogP contribution in [0.15, 0.2) is 24.5 Å². The molecule has 180 valence electrons. The molecular weight excluding hydrogens is 432 g/mol. The van der Waals surface area contributed by atoms with Crippen LogP contribution in [0, 0.1) is 5.92 Å². The molecule has 34 heavy (non-hydrogen) atoms. The average molecular weight is 465 g/mol. The van der Waals surface area contributed by atoms with E-state index in [9.17, 15) is 9.59 Å². The fraction of sp³-hybridized carbons (Fsp3) is 0.542. The Hall–Kier alpha value is -3.27. The highest BCUT2D eigenvalue weighted by atomic mass is 16.2. The van der Waals surface area contributed by atoms with Gasteiger partial charge in [0, 0.05) is 56.4 Å². The summed E-state index contributed by atoms with van der Waals surface area (Å²) in [5.41, 5.74) is 1.92. The zero-order chi connectivity index (χ0) is 23.3. The molecule has 0 spiro atoms. The first-order chi connectivity index (χ1) is 16.7. The summed E-state index contributed by atoms with van der Waals surface area (Å²) in [7, 11) is 0. The first-order valence-electron chi connectivity index (χ1n) is 12.3. The van der Waals surface area contributed by atoms with E-state index in [-0.39, 0.29) is 17.9 Å². The van der Waals surface area contributed by atoms with Crippen LogP contribution in [-0.2, 0) is 16.0 Å². The fourth-order valence-corrected chi connectivity index (χ4v) is 5.11. The molecule has 2 aliphatic heterocycles. The molecule has 3 aliphatic rings. The molecule has 3 fully saturated rings. The number of aromatic nitrogens is 3. The molecule has 1 aliphatic carbocycles. The van der Waals surface area contributed by atoms with Crippen molar-refractivity contribution in [2.75, 3.05) is 47.8 Å². The Balaban J connectivity index is 1.37. The van der Waals surface area contributed by atoms with Crippen LogP contribution in [0.5, 0.6) is 0 Å². The molecular formula is C24H32N8O2. The van der Waals surface area contributed by atoms with Gasteiger partial charge < -0.3 is 20.9 Å². The zero-order valence-electron chi connectivity index (χ0n) is 19.4. The van der Waals surface area contributed by atoms with Crippen molar-refractivity contribution in [1.82, 2.24) is 25.6 Å². The molecule has 10 heteroatoms. The molecule has 2 aromatic rings. The maximum absolute atomic E-state index is 12.2. The highest BCUT2D eigenvalue weighted by Crippen LogP contribution is 2.31. The maximum atomic E-state index is 12.2. The fourth-order valence-electron chi connectivity index (χ4n) is 5.11. The van der Waals surface area contributed by atoms with Gasteiger partial charge in [-0.3, -0.25) is 14.5 Å². The third-order valence-electron chi connectivity index (χ3n) is 7.02. The molecule has 2 aromatic heterocycles. The summed E-state index contributed by atoms with van der Waals surface area (Å²) in [5.74, 6) is 1.57.